The Bertz CT molecular complexity index is 902. The van der Waals surface area contributed by atoms with Gasteiger partial charge >= 0.3 is 0 Å². The van der Waals surface area contributed by atoms with Crippen molar-refractivity contribution in [3.8, 4) is 0 Å². The summed E-state index contributed by atoms with van der Waals surface area (Å²) in [5, 5.41) is 1.79. The number of amides is 2. The lowest BCUT2D eigenvalue weighted by molar-refractivity contribution is -0.126. The van der Waals surface area contributed by atoms with E-state index in [0.717, 1.165) is 36.3 Å². The summed E-state index contributed by atoms with van der Waals surface area (Å²) >= 11 is 0. The summed E-state index contributed by atoms with van der Waals surface area (Å²) in [7, 11) is 0. The second-order valence-electron chi connectivity index (χ2n) is 8.00. The zero-order valence-electron chi connectivity index (χ0n) is 17.3. The van der Waals surface area contributed by atoms with Crippen molar-refractivity contribution in [3.63, 3.8) is 0 Å². The largest absolute Gasteiger partial charge is 0.273 e. The molecule has 2 aliphatic heterocycles. The van der Waals surface area contributed by atoms with Crippen LogP contribution in [0.25, 0.3) is 0 Å². The molecule has 2 fully saturated rings. The summed E-state index contributed by atoms with van der Waals surface area (Å²) in [6.45, 7) is 4.27. The molecule has 0 spiro atoms. The highest BCUT2D eigenvalue weighted by Crippen LogP contribution is 2.44. The van der Waals surface area contributed by atoms with Gasteiger partial charge in [-0.15, -0.1) is 0 Å². The SMILES string of the molecule is CCCC[C@@H](CC)[C@@H]1[C@H]2C(=O)N(c3ccc(F)cc3)C(=O)[C@H]2ON1c1ccccc1. The van der Waals surface area contributed by atoms with Gasteiger partial charge in [0, 0.05) is 0 Å². The van der Waals surface area contributed by atoms with E-state index in [1.807, 2.05) is 30.3 Å². The molecule has 2 heterocycles. The van der Waals surface area contributed by atoms with E-state index in [9.17, 15) is 14.0 Å². The Balaban J connectivity index is 1.71. The summed E-state index contributed by atoms with van der Waals surface area (Å²) < 4.78 is 13.3. The van der Waals surface area contributed by atoms with Crippen LogP contribution in [0, 0.1) is 17.7 Å². The average Bonchev–Trinajstić information content (AvgIpc) is 3.27. The van der Waals surface area contributed by atoms with Crippen LogP contribution in [-0.4, -0.2) is 24.0 Å². The minimum absolute atomic E-state index is 0.213. The molecule has 2 aromatic carbocycles. The number of anilines is 2. The third-order valence-electron chi connectivity index (χ3n) is 6.19. The fourth-order valence-electron chi connectivity index (χ4n) is 4.66. The van der Waals surface area contributed by atoms with E-state index >= 15 is 0 Å². The van der Waals surface area contributed by atoms with Crippen LogP contribution >= 0.6 is 0 Å². The van der Waals surface area contributed by atoms with Gasteiger partial charge in [0.1, 0.15) is 5.82 Å². The second-order valence-corrected chi connectivity index (χ2v) is 8.00. The molecule has 4 rings (SSSR count). The Morgan fingerprint density at radius 3 is 2.30 bits per heavy atom. The van der Waals surface area contributed by atoms with Gasteiger partial charge in [0.25, 0.3) is 5.91 Å². The van der Waals surface area contributed by atoms with Crippen LogP contribution in [-0.2, 0) is 14.4 Å². The summed E-state index contributed by atoms with van der Waals surface area (Å²) in [5.74, 6) is -1.43. The topological polar surface area (TPSA) is 49.9 Å². The molecule has 2 aromatic rings. The van der Waals surface area contributed by atoms with Crippen LogP contribution in [0.2, 0.25) is 0 Å². The van der Waals surface area contributed by atoms with Crippen LogP contribution in [0.1, 0.15) is 39.5 Å². The number of unbranched alkanes of at least 4 members (excludes halogenated alkanes) is 1. The number of benzene rings is 2. The van der Waals surface area contributed by atoms with Gasteiger partial charge in [-0.2, -0.15) is 0 Å². The normalized spacial score (nSPS) is 24.4. The first kappa shape index (κ1) is 20.5. The number of rotatable bonds is 7. The fraction of sp³-hybridized carbons (Fsp3) is 0.417. The molecule has 0 unspecified atom stereocenters. The number of para-hydroxylation sites is 1. The monoisotopic (exact) mass is 410 g/mol. The smallest absolute Gasteiger partial charge is 0.266 e. The van der Waals surface area contributed by atoms with E-state index in [1.165, 1.54) is 24.3 Å². The second kappa shape index (κ2) is 8.56. The molecule has 0 aliphatic carbocycles. The van der Waals surface area contributed by atoms with Crippen LogP contribution in [0.15, 0.2) is 54.6 Å². The molecule has 0 N–H and O–H groups in total. The third kappa shape index (κ3) is 3.49. The van der Waals surface area contributed by atoms with Crippen molar-refractivity contribution in [2.24, 2.45) is 11.8 Å². The third-order valence-corrected chi connectivity index (χ3v) is 6.19. The number of carbonyl (C=O) groups excluding carboxylic acids is 2. The molecule has 2 amide bonds. The molecule has 6 heteroatoms. The molecule has 0 radical (unpaired) electrons. The van der Waals surface area contributed by atoms with E-state index in [4.69, 9.17) is 4.84 Å². The van der Waals surface area contributed by atoms with Crippen molar-refractivity contribution in [3.05, 3.63) is 60.4 Å². The van der Waals surface area contributed by atoms with Crippen LogP contribution in [0.4, 0.5) is 15.8 Å². The van der Waals surface area contributed by atoms with Gasteiger partial charge in [-0.3, -0.25) is 14.4 Å². The fourth-order valence-corrected chi connectivity index (χ4v) is 4.66. The first-order valence-corrected chi connectivity index (χ1v) is 10.7. The van der Waals surface area contributed by atoms with Gasteiger partial charge in [0.15, 0.2) is 6.10 Å². The van der Waals surface area contributed by atoms with Gasteiger partial charge in [-0.05, 0) is 48.7 Å². The molecule has 30 heavy (non-hydrogen) atoms. The molecule has 2 saturated heterocycles. The molecule has 5 nitrogen and oxygen atoms in total. The molecule has 0 aromatic heterocycles. The standard InChI is InChI=1S/C24H27FN2O3/c1-3-5-9-16(4-2)21-20-22(30-27(21)19-10-7-6-8-11-19)24(29)26(23(20)28)18-14-12-17(25)13-15-18/h6-8,10-16,20-22H,3-5,9H2,1-2H3/t16-,20-,21-,22+/m1/s1. The number of hydroxylamine groups is 1. The van der Waals surface area contributed by atoms with Gasteiger partial charge in [-0.1, -0.05) is 51.3 Å². The Morgan fingerprint density at radius 2 is 1.67 bits per heavy atom. The lowest BCUT2D eigenvalue weighted by Gasteiger charge is -2.33. The first-order chi connectivity index (χ1) is 14.6. The van der Waals surface area contributed by atoms with Crippen LogP contribution in [0.3, 0.4) is 0 Å². The maximum atomic E-state index is 13.5. The highest BCUT2D eigenvalue weighted by atomic mass is 19.1. The van der Waals surface area contributed by atoms with Crippen LogP contribution < -0.4 is 9.96 Å². The van der Waals surface area contributed by atoms with Gasteiger partial charge in [0.05, 0.1) is 23.3 Å². The zero-order chi connectivity index (χ0) is 21.3. The number of halogens is 1. The average molecular weight is 410 g/mol. The van der Waals surface area contributed by atoms with E-state index in [2.05, 4.69) is 13.8 Å². The minimum atomic E-state index is -0.858. The highest BCUT2D eigenvalue weighted by Gasteiger charge is 2.61. The van der Waals surface area contributed by atoms with Gasteiger partial charge < -0.3 is 0 Å². The maximum absolute atomic E-state index is 13.5. The number of hydrogen-bond donors (Lipinski definition) is 0. The Kier molecular flexibility index (Phi) is 5.86. The summed E-state index contributed by atoms with van der Waals surface area (Å²) in [6.07, 6.45) is 3.12. The quantitative estimate of drug-likeness (QED) is 0.620. The van der Waals surface area contributed by atoms with Crippen molar-refractivity contribution >= 4 is 23.2 Å². The lowest BCUT2D eigenvalue weighted by atomic mass is 9.82. The minimum Gasteiger partial charge on any atom is -0.273 e. The van der Waals surface area contributed by atoms with Crippen molar-refractivity contribution in [1.29, 1.82) is 0 Å². The van der Waals surface area contributed by atoms with E-state index < -0.39 is 17.8 Å². The van der Waals surface area contributed by atoms with Gasteiger partial charge in [-0.25, -0.2) is 14.4 Å². The van der Waals surface area contributed by atoms with Crippen molar-refractivity contribution < 1.29 is 18.8 Å². The summed E-state index contributed by atoms with van der Waals surface area (Å²) in [5.41, 5.74) is 1.23. The van der Waals surface area contributed by atoms with Gasteiger partial charge in [0.2, 0.25) is 5.91 Å². The molecule has 4 atom stereocenters. The van der Waals surface area contributed by atoms with Crippen molar-refractivity contribution in [1.82, 2.24) is 0 Å². The van der Waals surface area contributed by atoms with E-state index in [0.29, 0.717) is 5.69 Å². The number of carbonyl (C=O) groups is 2. The Morgan fingerprint density at radius 1 is 0.967 bits per heavy atom. The summed E-state index contributed by atoms with van der Waals surface area (Å²) in [4.78, 5) is 34.0. The lowest BCUT2D eigenvalue weighted by Crippen LogP contribution is -2.44. The van der Waals surface area contributed by atoms with Crippen LogP contribution in [0.5, 0.6) is 0 Å². The molecule has 2 aliphatic rings. The maximum Gasteiger partial charge on any atom is 0.266 e. The number of hydrogen-bond acceptors (Lipinski definition) is 4. The predicted molar refractivity (Wildman–Crippen MR) is 113 cm³/mol. The highest BCUT2D eigenvalue weighted by molar-refractivity contribution is 6.23. The molecule has 158 valence electrons. The predicted octanol–water partition coefficient (Wildman–Crippen LogP) is 4.72. The Hall–Kier alpha value is -2.73. The number of fused-ring (bicyclic) bond motifs is 1. The van der Waals surface area contributed by atoms with Crippen molar-refractivity contribution in [2.45, 2.75) is 51.7 Å². The molecular weight excluding hydrogens is 383 g/mol. The number of nitrogens with zero attached hydrogens (tertiary/aromatic N) is 2. The number of imide groups is 1. The van der Waals surface area contributed by atoms with E-state index in [1.54, 1.807) is 5.06 Å². The molecular formula is C24H27FN2O3. The molecule has 0 saturated carbocycles. The van der Waals surface area contributed by atoms with Crippen molar-refractivity contribution in [2.75, 3.05) is 9.96 Å². The first-order valence-electron chi connectivity index (χ1n) is 10.7. The van der Waals surface area contributed by atoms with E-state index in [-0.39, 0.29) is 23.8 Å². The Labute approximate surface area is 176 Å². The summed E-state index contributed by atoms with van der Waals surface area (Å²) in [6, 6.07) is 14.9. The molecule has 0 bridgehead atoms. The zero-order valence-corrected chi connectivity index (χ0v) is 17.3.